The van der Waals surface area contributed by atoms with E-state index in [2.05, 4.69) is 10.6 Å². The standard InChI is InChI=1S/C18H18Cl2N2O2S/c1-11(2)24-14-6-3-12(4-7-14)10-21-18(25)22-17(23)15-8-5-13(19)9-16(15)20/h3-9,11H,10H2,1-2H3,(H2,21,22,23,25). The van der Waals surface area contributed by atoms with Gasteiger partial charge in [0, 0.05) is 11.6 Å². The van der Waals surface area contributed by atoms with Crippen LogP contribution in [0.5, 0.6) is 5.75 Å². The minimum atomic E-state index is -0.389. The van der Waals surface area contributed by atoms with Crippen LogP contribution in [0.3, 0.4) is 0 Å². The normalized spacial score (nSPS) is 10.4. The largest absolute Gasteiger partial charge is 0.491 e. The number of benzene rings is 2. The molecule has 0 unspecified atom stereocenters. The van der Waals surface area contributed by atoms with E-state index >= 15 is 0 Å². The van der Waals surface area contributed by atoms with Crippen molar-refractivity contribution < 1.29 is 9.53 Å². The Balaban J connectivity index is 1.86. The minimum absolute atomic E-state index is 0.131. The number of halogens is 2. The van der Waals surface area contributed by atoms with Gasteiger partial charge in [0.05, 0.1) is 16.7 Å². The fraction of sp³-hybridized carbons (Fsp3) is 0.222. The highest BCUT2D eigenvalue weighted by atomic mass is 35.5. The Labute approximate surface area is 162 Å². The summed E-state index contributed by atoms with van der Waals surface area (Å²) in [5, 5.41) is 6.53. The summed E-state index contributed by atoms with van der Waals surface area (Å²) in [7, 11) is 0. The van der Waals surface area contributed by atoms with Crippen LogP contribution in [-0.4, -0.2) is 17.1 Å². The molecule has 0 atom stereocenters. The van der Waals surface area contributed by atoms with Gasteiger partial charge in [0.1, 0.15) is 5.75 Å². The van der Waals surface area contributed by atoms with E-state index in [0.717, 1.165) is 11.3 Å². The van der Waals surface area contributed by atoms with Crippen molar-refractivity contribution in [3.63, 3.8) is 0 Å². The Morgan fingerprint density at radius 3 is 2.44 bits per heavy atom. The quantitative estimate of drug-likeness (QED) is 0.725. The van der Waals surface area contributed by atoms with Crippen LogP contribution in [0.1, 0.15) is 29.8 Å². The molecular weight excluding hydrogens is 379 g/mol. The zero-order valence-electron chi connectivity index (χ0n) is 13.8. The molecule has 0 heterocycles. The average Bonchev–Trinajstić information content (AvgIpc) is 2.53. The van der Waals surface area contributed by atoms with Crippen molar-refractivity contribution in [2.75, 3.05) is 0 Å². The molecule has 0 bridgehead atoms. The molecule has 2 N–H and O–H groups in total. The van der Waals surface area contributed by atoms with Gasteiger partial charge in [-0.2, -0.15) is 0 Å². The van der Waals surface area contributed by atoms with Crippen LogP contribution in [-0.2, 0) is 6.54 Å². The zero-order valence-corrected chi connectivity index (χ0v) is 16.1. The van der Waals surface area contributed by atoms with Gasteiger partial charge in [0.15, 0.2) is 5.11 Å². The second-order valence-corrected chi connectivity index (χ2v) is 6.82. The number of ether oxygens (including phenoxy) is 1. The van der Waals surface area contributed by atoms with Gasteiger partial charge < -0.3 is 10.1 Å². The Morgan fingerprint density at radius 1 is 1.16 bits per heavy atom. The predicted molar refractivity (Wildman–Crippen MR) is 106 cm³/mol. The Bertz CT molecular complexity index is 764. The molecular formula is C18H18Cl2N2O2S. The summed E-state index contributed by atoms with van der Waals surface area (Å²) < 4.78 is 5.59. The summed E-state index contributed by atoms with van der Waals surface area (Å²) in [5.41, 5.74) is 1.32. The smallest absolute Gasteiger partial charge is 0.258 e. The molecule has 0 saturated heterocycles. The van der Waals surface area contributed by atoms with Gasteiger partial charge in [-0.15, -0.1) is 0 Å². The van der Waals surface area contributed by atoms with Crippen molar-refractivity contribution in [2.45, 2.75) is 26.5 Å². The van der Waals surface area contributed by atoms with Crippen molar-refractivity contribution in [3.8, 4) is 5.75 Å². The molecule has 0 aliphatic heterocycles. The second-order valence-electron chi connectivity index (χ2n) is 5.57. The molecule has 132 valence electrons. The zero-order chi connectivity index (χ0) is 18.4. The van der Waals surface area contributed by atoms with E-state index < -0.39 is 0 Å². The lowest BCUT2D eigenvalue weighted by Crippen LogP contribution is -2.38. The average molecular weight is 397 g/mol. The van der Waals surface area contributed by atoms with Gasteiger partial charge in [-0.3, -0.25) is 10.1 Å². The molecule has 7 heteroatoms. The fourth-order valence-corrected chi connectivity index (χ4v) is 2.69. The number of hydrogen-bond donors (Lipinski definition) is 2. The van der Waals surface area contributed by atoms with Gasteiger partial charge in [-0.25, -0.2) is 0 Å². The maximum Gasteiger partial charge on any atom is 0.258 e. The summed E-state index contributed by atoms with van der Waals surface area (Å²) >= 11 is 17.0. The first-order chi connectivity index (χ1) is 11.8. The first-order valence-corrected chi connectivity index (χ1v) is 8.81. The third-order valence-corrected chi connectivity index (χ3v) is 3.95. The van der Waals surface area contributed by atoms with E-state index in [0.29, 0.717) is 17.1 Å². The summed E-state index contributed by atoms with van der Waals surface area (Å²) in [6, 6.07) is 12.3. The summed E-state index contributed by atoms with van der Waals surface area (Å²) in [4.78, 5) is 12.2. The lowest BCUT2D eigenvalue weighted by molar-refractivity contribution is 0.0977. The van der Waals surface area contributed by atoms with Crippen LogP contribution in [0.15, 0.2) is 42.5 Å². The third-order valence-electron chi connectivity index (χ3n) is 3.15. The van der Waals surface area contributed by atoms with Crippen LogP contribution in [0, 0.1) is 0 Å². The van der Waals surface area contributed by atoms with Gasteiger partial charge in [-0.05, 0) is 62.0 Å². The van der Waals surface area contributed by atoms with Crippen molar-refractivity contribution in [3.05, 3.63) is 63.6 Å². The first kappa shape index (κ1) is 19.5. The molecule has 1 amide bonds. The van der Waals surface area contributed by atoms with Gasteiger partial charge in [0.25, 0.3) is 5.91 Å². The van der Waals surface area contributed by atoms with E-state index in [9.17, 15) is 4.79 Å². The number of amides is 1. The molecule has 2 rings (SSSR count). The molecule has 0 fully saturated rings. The van der Waals surface area contributed by atoms with Crippen LogP contribution in [0.4, 0.5) is 0 Å². The highest BCUT2D eigenvalue weighted by molar-refractivity contribution is 7.80. The van der Waals surface area contributed by atoms with Gasteiger partial charge >= 0.3 is 0 Å². The van der Waals surface area contributed by atoms with Crippen LogP contribution in [0.25, 0.3) is 0 Å². The van der Waals surface area contributed by atoms with E-state index in [1.54, 1.807) is 12.1 Å². The summed E-state index contributed by atoms with van der Waals surface area (Å²) in [6.45, 7) is 4.43. The molecule has 0 aliphatic carbocycles. The van der Waals surface area contributed by atoms with E-state index in [4.69, 9.17) is 40.2 Å². The number of carbonyl (C=O) groups is 1. The lowest BCUT2D eigenvalue weighted by atomic mass is 10.2. The number of hydrogen-bond acceptors (Lipinski definition) is 3. The number of thiocarbonyl (C=S) groups is 1. The summed E-state index contributed by atoms with van der Waals surface area (Å²) in [6.07, 6.45) is 0.131. The molecule has 0 saturated carbocycles. The summed E-state index contributed by atoms with van der Waals surface area (Å²) in [5.74, 6) is 0.423. The minimum Gasteiger partial charge on any atom is -0.491 e. The van der Waals surface area contributed by atoms with E-state index in [1.165, 1.54) is 6.07 Å². The third kappa shape index (κ3) is 6.20. The van der Waals surface area contributed by atoms with Crippen LogP contribution in [0.2, 0.25) is 10.0 Å². The molecule has 2 aromatic carbocycles. The molecule has 0 spiro atoms. The molecule has 0 aliphatic rings. The molecule has 25 heavy (non-hydrogen) atoms. The van der Waals surface area contributed by atoms with Crippen molar-refractivity contribution >= 4 is 46.4 Å². The van der Waals surface area contributed by atoms with Gasteiger partial charge in [-0.1, -0.05) is 35.3 Å². The van der Waals surface area contributed by atoms with Crippen molar-refractivity contribution in [1.82, 2.24) is 10.6 Å². The number of rotatable bonds is 5. The van der Waals surface area contributed by atoms with Crippen molar-refractivity contribution in [1.29, 1.82) is 0 Å². The highest BCUT2D eigenvalue weighted by Crippen LogP contribution is 2.20. The number of nitrogens with one attached hydrogen (secondary N) is 2. The molecule has 4 nitrogen and oxygen atoms in total. The lowest BCUT2D eigenvalue weighted by Gasteiger charge is -2.12. The molecule has 0 aromatic heterocycles. The molecule has 2 aromatic rings. The topological polar surface area (TPSA) is 50.4 Å². The van der Waals surface area contributed by atoms with Crippen LogP contribution >= 0.6 is 35.4 Å². The SMILES string of the molecule is CC(C)Oc1ccc(CNC(=S)NC(=O)c2ccc(Cl)cc2Cl)cc1. The predicted octanol–water partition coefficient (Wildman–Crippen LogP) is 4.59. The maximum absolute atomic E-state index is 12.2. The van der Waals surface area contributed by atoms with Crippen LogP contribution < -0.4 is 15.4 Å². The number of carbonyl (C=O) groups excluding carboxylic acids is 1. The Hall–Kier alpha value is -1.82. The Kier molecular flexibility index (Phi) is 7.05. The highest BCUT2D eigenvalue weighted by Gasteiger charge is 2.12. The fourth-order valence-electron chi connectivity index (χ4n) is 2.03. The first-order valence-electron chi connectivity index (χ1n) is 7.65. The molecule has 0 radical (unpaired) electrons. The van der Waals surface area contributed by atoms with E-state index in [-0.39, 0.29) is 22.1 Å². The van der Waals surface area contributed by atoms with Gasteiger partial charge in [0.2, 0.25) is 0 Å². The van der Waals surface area contributed by atoms with E-state index in [1.807, 2.05) is 38.1 Å². The monoisotopic (exact) mass is 396 g/mol. The second kappa shape index (κ2) is 9.04. The van der Waals surface area contributed by atoms with Crippen molar-refractivity contribution in [2.24, 2.45) is 0 Å². The maximum atomic E-state index is 12.2. The Morgan fingerprint density at radius 2 is 1.84 bits per heavy atom.